The Kier molecular flexibility index (Phi) is 2.70. The maximum absolute atomic E-state index is 12.2. The third kappa shape index (κ3) is 1.93. The van der Waals surface area contributed by atoms with Crippen molar-refractivity contribution < 1.29 is 8.42 Å². The number of sulfone groups is 1. The highest BCUT2D eigenvalue weighted by molar-refractivity contribution is 7.91. The van der Waals surface area contributed by atoms with Gasteiger partial charge in [-0.25, -0.2) is 8.42 Å². The number of hydrogen-bond donors (Lipinski definition) is 0. The second-order valence-corrected chi connectivity index (χ2v) is 5.67. The molecule has 0 unspecified atom stereocenters. The first kappa shape index (κ1) is 11.7. The molecule has 0 bridgehead atoms. The van der Waals surface area contributed by atoms with Crippen molar-refractivity contribution in [2.75, 3.05) is 0 Å². The van der Waals surface area contributed by atoms with Crippen LogP contribution in [0.3, 0.4) is 0 Å². The molecule has 0 aliphatic heterocycles. The lowest BCUT2D eigenvalue weighted by Gasteiger charge is -2.11. The average Bonchev–Trinajstić information content (AvgIpc) is 2.67. The summed E-state index contributed by atoms with van der Waals surface area (Å²) in [6.45, 7) is 5.41. The van der Waals surface area contributed by atoms with Crippen molar-refractivity contribution in [3.05, 3.63) is 28.8 Å². The number of aromatic nitrogens is 4. The molecule has 0 saturated carbocycles. The van der Waals surface area contributed by atoms with Crippen LogP contribution in [0.1, 0.15) is 16.7 Å². The van der Waals surface area contributed by atoms with Gasteiger partial charge in [0.25, 0.3) is 0 Å². The minimum Gasteiger partial charge on any atom is -0.320 e. The molecule has 2 rings (SSSR count). The van der Waals surface area contributed by atoms with Crippen LogP contribution in [0.25, 0.3) is 0 Å². The number of benzene rings is 1. The van der Waals surface area contributed by atoms with Crippen LogP contribution in [-0.2, 0) is 9.84 Å². The molecule has 0 aliphatic rings. The average molecular weight is 251 g/mol. The number of hydrogen-bond acceptors (Lipinski definition) is 5. The van der Waals surface area contributed by atoms with E-state index in [0.717, 1.165) is 5.56 Å². The molecule has 2 aromatic rings. The molecule has 0 fully saturated rings. The van der Waals surface area contributed by atoms with E-state index in [-0.39, 0.29) is 10.1 Å². The quantitative estimate of drug-likeness (QED) is 0.776. The summed E-state index contributed by atoms with van der Waals surface area (Å²) in [6, 6.07) is 3.62. The number of tetrazole rings is 1. The molecule has 1 aromatic carbocycles. The Hall–Kier alpha value is -1.76. The van der Waals surface area contributed by atoms with E-state index >= 15 is 0 Å². The van der Waals surface area contributed by atoms with Crippen molar-refractivity contribution in [1.82, 2.24) is 20.6 Å². The van der Waals surface area contributed by atoms with E-state index in [0.29, 0.717) is 11.1 Å². The maximum Gasteiger partial charge on any atom is 0.213 e. The van der Waals surface area contributed by atoms with Gasteiger partial charge in [0.2, 0.25) is 9.84 Å². The monoisotopic (exact) mass is 251 g/mol. The van der Waals surface area contributed by atoms with Crippen molar-refractivity contribution in [2.45, 2.75) is 30.8 Å². The molecular formula is C10H11N4O2S-. The standard InChI is InChI=1S/C10H11N4O2S/c1-6-4-7(2)9(8(3)5-6)17(15,16)10-11-13-14-12-10/h4-5H,1-3H3/q-1. The van der Waals surface area contributed by atoms with Gasteiger partial charge in [-0.2, -0.15) is 5.21 Å². The summed E-state index contributed by atoms with van der Waals surface area (Å²) in [4.78, 5) is 0.234. The van der Waals surface area contributed by atoms with Gasteiger partial charge >= 0.3 is 0 Å². The van der Waals surface area contributed by atoms with E-state index in [9.17, 15) is 8.42 Å². The van der Waals surface area contributed by atoms with Gasteiger partial charge in [-0.05, 0) is 31.9 Å². The van der Waals surface area contributed by atoms with Gasteiger partial charge in [0.1, 0.15) is 5.16 Å². The summed E-state index contributed by atoms with van der Waals surface area (Å²) < 4.78 is 24.5. The summed E-state index contributed by atoms with van der Waals surface area (Å²) in [5.41, 5.74) is 2.36. The fourth-order valence-electron chi connectivity index (χ4n) is 1.93. The van der Waals surface area contributed by atoms with Gasteiger partial charge in [0, 0.05) is 0 Å². The zero-order chi connectivity index (χ0) is 12.6. The molecule has 90 valence electrons. The zero-order valence-corrected chi connectivity index (χ0v) is 10.5. The van der Waals surface area contributed by atoms with Gasteiger partial charge in [-0.1, -0.05) is 17.7 Å². The smallest absolute Gasteiger partial charge is 0.213 e. The molecule has 1 heterocycles. The Bertz CT molecular complexity index is 624. The summed E-state index contributed by atoms with van der Waals surface area (Å²) in [5.74, 6) is 0. The highest BCUT2D eigenvalue weighted by Gasteiger charge is 2.21. The van der Waals surface area contributed by atoms with Crippen molar-refractivity contribution >= 4 is 9.84 Å². The largest absolute Gasteiger partial charge is 0.320 e. The van der Waals surface area contributed by atoms with Crippen LogP contribution in [0.4, 0.5) is 0 Å². The van der Waals surface area contributed by atoms with Gasteiger partial charge < -0.3 is 5.10 Å². The van der Waals surface area contributed by atoms with E-state index in [1.165, 1.54) is 0 Å². The van der Waals surface area contributed by atoms with Crippen molar-refractivity contribution in [1.29, 1.82) is 0 Å². The predicted octanol–water partition coefficient (Wildman–Crippen LogP) is 0.587. The van der Waals surface area contributed by atoms with Crippen LogP contribution >= 0.6 is 0 Å². The Labute approximate surface area is 99.0 Å². The second kappa shape index (κ2) is 3.92. The number of aryl methyl sites for hydroxylation is 3. The Balaban J connectivity index is 2.71. The first-order chi connectivity index (χ1) is 7.93. The Morgan fingerprint density at radius 2 is 1.71 bits per heavy atom. The number of rotatable bonds is 2. The first-order valence-electron chi connectivity index (χ1n) is 4.94. The van der Waals surface area contributed by atoms with Crippen molar-refractivity contribution in [3.8, 4) is 0 Å². The van der Waals surface area contributed by atoms with Gasteiger partial charge in [0.05, 0.1) is 4.90 Å². The molecule has 6 nitrogen and oxygen atoms in total. The third-order valence-corrected chi connectivity index (χ3v) is 4.24. The normalized spacial score (nSPS) is 11.7. The van der Waals surface area contributed by atoms with E-state index in [1.807, 2.05) is 19.1 Å². The molecule has 0 spiro atoms. The van der Waals surface area contributed by atoms with Crippen LogP contribution in [0.5, 0.6) is 0 Å². The Morgan fingerprint density at radius 3 is 2.18 bits per heavy atom. The highest BCUT2D eigenvalue weighted by atomic mass is 32.2. The third-order valence-electron chi connectivity index (χ3n) is 2.41. The molecule has 1 aromatic heterocycles. The van der Waals surface area contributed by atoms with Crippen LogP contribution < -0.4 is 5.10 Å². The van der Waals surface area contributed by atoms with E-state index in [1.54, 1.807) is 13.8 Å². The molecule has 0 amide bonds. The minimum absolute atomic E-state index is 0.234. The summed E-state index contributed by atoms with van der Waals surface area (Å²) in [6.07, 6.45) is 0. The highest BCUT2D eigenvalue weighted by Crippen LogP contribution is 2.25. The van der Waals surface area contributed by atoms with E-state index in [2.05, 4.69) is 20.6 Å². The lowest BCUT2D eigenvalue weighted by Crippen LogP contribution is -2.09. The van der Waals surface area contributed by atoms with Crippen LogP contribution in [-0.4, -0.2) is 23.9 Å². The fraction of sp³-hybridized carbons (Fsp3) is 0.300. The minimum atomic E-state index is -3.72. The molecule has 0 aliphatic carbocycles. The second-order valence-electron chi connectivity index (χ2n) is 3.89. The molecule has 0 atom stereocenters. The van der Waals surface area contributed by atoms with Crippen LogP contribution in [0, 0.1) is 20.8 Å². The van der Waals surface area contributed by atoms with Gasteiger partial charge in [-0.3, -0.25) is 10.3 Å². The fourth-order valence-corrected chi connectivity index (χ4v) is 3.36. The lowest BCUT2D eigenvalue weighted by molar-refractivity contribution is 0.585. The first-order valence-corrected chi connectivity index (χ1v) is 6.43. The zero-order valence-electron chi connectivity index (χ0n) is 9.67. The molecule has 0 radical (unpaired) electrons. The topological polar surface area (TPSA) is 86.9 Å². The molecular weight excluding hydrogens is 240 g/mol. The van der Waals surface area contributed by atoms with E-state index < -0.39 is 9.84 Å². The summed E-state index contributed by atoms with van der Waals surface area (Å²) in [7, 11) is -3.72. The van der Waals surface area contributed by atoms with Gasteiger partial charge in [0.15, 0.2) is 0 Å². The molecule has 0 N–H and O–H groups in total. The van der Waals surface area contributed by atoms with E-state index in [4.69, 9.17) is 0 Å². The van der Waals surface area contributed by atoms with Crippen molar-refractivity contribution in [2.24, 2.45) is 0 Å². The Morgan fingerprint density at radius 1 is 1.12 bits per heavy atom. The summed E-state index contributed by atoms with van der Waals surface area (Å²) >= 11 is 0. The van der Waals surface area contributed by atoms with Crippen LogP contribution in [0.2, 0.25) is 0 Å². The predicted molar refractivity (Wildman–Crippen MR) is 59.3 cm³/mol. The summed E-state index contributed by atoms with van der Waals surface area (Å²) in [5, 5.41) is 12.9. The molecule has 7 heteroatoms. The SMILES string of the molecule is Cc1cc(C)c(S(=O)(=O)c2nnn[n-]2)c(C)c1. The van der Waals surface area contributed by atoms with Crippen LogP contribution in [0.15, 0.2) is 22.2 Å². The molecule has 17 heavy (non-hydrogen) atoms. The molecule has 0 saturated heterocycles. The lowest BCUT2D eigenvalue weighted by atomic mass is 10.1. The van der Waals surface area contributed by atoms with Crippen molar-refractivity contribution in [3.63, 3.8) is 0 Å². The number of nitrogens with zero attached hydrogens (tertiary/aromatic N) is 4. The van der Waals surface area contributed by atoms with Gasteiger partial charge in [-0.15, -0.1) is 0 Å². The maximum atomic E-state index is 12.2.